The number of anilines is 1. The average molecular weight is 402 g/mol. The predicted octanol–water partition coefficient (Wildman–Crippen LogP) is 4.77. The van der Waals surface area contributed by atoms with Crippen LogP contribution in [0.25, 0.3) is 0 Å². The Morgan fingerprint density at radius 2 is 2.04 bits per heavy atom. The Morgan fingerprint density at radius 1 is 1.25 bits per heavy atom. The molecule has 0 aliphatic heterocycles. The number of thiophene rings is 1. The Hall–Kier alpha value is -2.34. The molecule has 0 saturated heterocycles. The minimum atomic E-state index is -0.356. The van der Waals surface area contributed by atoms with Crippen molar-refractivity contribution in [1.82, 2.24) is 0 Å². The number of para-hydroxylation sites is 1. The van der Waals surface area contributed by atoms with Gasteiger partial charge in [0.2, 0.25) is 0 Å². The quantitative estimate of drug-likeness (QED) is 0.679. The molecule has 1 heterocycles. The maximum Gasteiger partial charge on any atom is 0.341 e. The molecule has 0 radical (unpaired) electrons. The molecule has 28 heavy (non-hydrogen) atoms. The third-order valence-corrected chi connectivity index (χ3v) is 6.30. The highest BCUT2D eigenvalue weighted by Crippen LogP contribution is 2.40. The smallest absolute Gasteiger partial charge is 0.341 e. The fourth-order valence-electron chi connectivity index (χ4n) is 3.53. The van der Waals surface area contributed by atoms with E-state index in [4.69, 9.17) is 9.47 Å². The van der Waals surface area contributed by atoms with Gasteiger partial charge in [-0.3, -0.25) is 4.79 Å². The third kappa shape index (κ3) is 4.55. The minimum Gasteiger partial charge on any atom is -0.483 e. The van der Waals surface area contributed by atoms with Crippen LogP contribution in [0.4, 0.5) is 5.00 Å². The van der Waals surface area contributed by atoms with E-state index in [1.54, 1.807) is 6.92 Å². The fourth-order valence-corrected chi connectivity index (χ4v) is 4.90. The molecule has 0 spiro atoms. The van der Waals surface area contributed by atoms with E-state index in [0.29, 0.717) is 28.8 Å². The second kappa shape index (κ2) is 9.24. The molecule has 150 valence electrons. The fraction of sp³-hybridized carbons (Fsp3) is 0.455. The highest BCUT2D eigenvalue weighted by Gasteiger charge is 2.29. The van der Waals surface area contributed by atoms with E-state index >= 15 is 0 Å². The lowest BCUT2D eigenvalue weighted by molar-refractivity contribution is -0.118. The highest BCUT2D eigenvalue weighted by atomic mass is 32.1. The molecule has 6 heteroatoms. The van der Waals surface area contributed by atoms with Crippen molar-refractivity contribution in [3.05, 3.63) is 45.8 Å². The Kier molecular flexibility index (Phi) is 6.73. The van der Waals surface area contributed by atoms with Gasteiger partial charge >= 0.3 is 5.97 Å². The van der Waals surface area contributed by atoms with Gasteiger partial charge in [0.15, 0.2) is 6.61 Å². The number of hydrogen-bond acceptors (Lipinski definition) is 5. The maximum atomic E-state index is 12.6. The molecule has 0 saturated carbocycles. The van der Waals surface area contributed by atoms with Gasteiger partial charge in [0.1, 0.15) is 10.8 Å². The number of amides is 1. The van der Waals surface area contributed by atoms with E-state index in [2.05, 4.69) is 12.2 Å². The van der Waals surface area contributed by atoms with Crippen LogP contribution in [0, 0.1) is 12.8 Å². The zero-order valence-corrected chi connectivity index (χ0v) is 17.5. The summed E-state index contributed by atoms with van der Waals surface area (Å²) in [5.74, 6) is 0.679. The number of rotatable bonds is 7. The number of nitrogens with one attached hydrogen (secondary N) is 1. The summed E-state index contributed by atoms with van der Waals surface area (Å²) >= 11 is 1.50. The lowest BCUT2D eigenvalue weighted by Gasteiger charge is -2.20. The van der Waals surface area contributed by atoms with E-state index in [9.17, 15) is 9.59 Å². The molecule has 0 unspecified atom stereocenters. The number of carbonyl (C=O) groups is 2. The van der Waals surface area contributed by atoms with Crippen molar-refractivity contribution in [2.45, 2.75) is 46.5 Å². The number of aryl methyl sites for hydroxylation is 1. The van der Waals surface area contributed by atoms with E-state index in [1.807, 2.05) is 31.2 Å². The second-order valence-corrected chi connectivity index (χ2v) is 8.15. The summed E-state index contributed by atoms with van der Waals surface area (Å²) in [5.41, 5.74) is 2.55. The van der Waals surface area contributed by atoms with Gasteiger partial charge in [-0.25, -0.2) is 4.79 Å². The van der Waals surface area contributed by atoms with E-state index < -0.39 is 0 Å². The molecule has 1 N–H and O–H groups in total. The molecule has 1 amide bonds. The summed E-state index contributed by atoms with van der Waals surface area (Å²) in [5, 5.41) is 3.47. The van der Waals surface area contributed by atoms with Crippen LogP contribution in [0.15, 0.2) is 24.3 Å². The van der Waals surface area contributed by atoms with Gasteiger partial charge in [0, 0.05) is 4.88 Å². The molecule has 1 aromatic carbocycles. The Bertz CT molecular complexity index is 858. The predicted molar refractivity (Wildman–Crippen MR) is 111 cm³/mol. The largest absolute Gasteiger partial charge is 0.483 e. The number of fused-ring (bicyclic) bond motifs is 1. The van der Waals surface area contributed by atoms with Crippen molar-refractivity contribution in [2.75, 3.05) is 18.5 Å². The SMILES string of the molecule is CCOC(=O)c1c(NC(=O)COc2ccccc2C)sc2c1CC[C@H](CC)C2. The van der Waals surface area contributed by atoms with Crippen molar-refractivity contribution in [3.63, 3.8) is 0 Å². The molecule has 1 aromatic heterocycles. The summed E-state index contributed by atoms with van der Waals surface area (Å²) < 4.78 is 10.9. The van der Waals surface area contributed by atoms with Gasteiger partial charge < -0.3 is 14.8 Å². The van der Waals surface area contributed by atoms with Gasteiger partial charge in [0.25, 0.3) is 5.91 Å². The first kappa shape index (κ1) is 20.4. The molecule has 1 atom stereocenters. The minimum absolute atomic E-state index is 0.104. The van der Waals surface area contributed by atoms with E-state index in [0.717, 1.165) is 36.8 Å². The molecule has 1 aliphatic carbocycles. The summed E-state index contributed by atoms with van der Waals surface area (Å²) in [6.07, 6.45) is 4.00. The lowest BCUT2D eigenvalue weighted by atomic mass is 9.85. The molecular weight excluding hydrogens is 374 g/mol. The summed E-state index contributed by atoms with van der Waals surface area (Å²) in [4.78, 5) is 26.2. The molecule has 0 bridgehead atoms. The molecule has 1 aliphatic rings. The van der Waals surface area contributed by atoms with Gasteiger partial charge in [0.05, 0.1) is 12.2 Å². The van der Waals surface area contributed by atoms with Crippen molar-refractivity contribution in [1.29, 1.82) is 0 Å². The van der Waals surface area contributed by atoms with Crippen LogP contribution < -0.4 is 10.1 Å². The van der Waals surface area contributed by atoms with Crippen molar-refractivity contribution >= 4 is 28.2 Å². The molecule has 0 fully saturated rings. The monoisotopic (exact) mass is 401 g/mol. The normalized spacial score (nSPS) is 15.6. The summed E-state index contributed by atoms with van der Waals surface area (Å²) in [7, 11) is 0. The number of hydrogen-bond donors (Lipinski definition) is 1. The van der Waals surface area contributed by atoms with E-state index in [-0.39, 0.29) is 18.5 Å². The third-order valence-electron chi connectivity index (χ3n) is 5.13. The van der Waals surface area contributed by atoms with Crippen LogP contribution in [0.5, 0.6) is 5.75 Å². The van der Waals surface area contributed by atoms with Gasteiger partial charge in [-0.15, -0.1) is 11.3 Å². The van der Waals surface area contributed by atoms with Gasteiger partial charge in [-0.2, -0.15) is 0 Å². The maximum absolute atomic E-state index is 12.6. The molecule has 3 rings (SSSR count). The number of benzene rings is 1. The molecule has 5 nitrogen and oxygen atoms in total. The highest BCUT2D eigenvalue weighted by molar-refractivity contribution is 7.17. The zero-order chi connectivity index (χ0) is 20.1. The Morgan fingerprint density at radius 3 is 2.75 bits per heavy atom. The summed E-state index contributed by atoms with van der Waals surface area (Å²) in [6.45, 7) is 6.13. The zero-order valence-electron chi connectivity index (χ0n) is 16.7. The second-order valence-electron chi connectivity index (χ2n) is 7.05. The van der Waals surface area contributed by atoms with Crippen molar-refractivity contribution < 1.29 is 19.1 Å². The number of esters is 1. The van der Waals surface area contributed by atoms with Crippen LogP contribution in [0.2, 0.25) is 0 Å². The van der Waals surface area contributed by atoms with Crippen LogP contribution >= 0.6 is 11.3 Å². The van der Waals surface area contributed by atoms with Crippen LogP contribution in [-0.4, -0.2) is 25.1 Å². The first-order valence-corrected chi connectivity index (χ1v) is 10.6. The molecular formula is C22H27NO4S. The van der Waals surface area contributed by atoms with Crippen LogP contribution in [0.3, 0.4) is 0 Å². The Balaban J connectivity index is 1.76. The van der Waals surface area contributed by atoms with Crippen molar-refractivity contribution in [2.24, 2.45) is 5.92 Å². The topological polar surface area (TPSA) is 64.6 Å². The van der Waals surface area contributed by atoms with Gasteiger partial charge in [-0.1, -0.05) is 31.5 Å². The lowest BCUT2D eigenvalue weighted by Crippen LogP contribution is -2.21. The molecule has 2 aromatic rings. The van der Waals surface area contributed by atoms with Gasteiger partial charge in [-0.05, 0) is 56.2 Å². The number of ether oxygens (including phenoxy) is 2. The van der Waals surface area contributed by atoms with E-state index in [1.165, 1.54) is 16.2 Å². The summed E-state index contributed by atoms with van der Waals surface area (Å²) in [6, 6.07) is 7.56. The number of carbonyl (C=O) groups excluding carboxylic acids is 2. The average Bonchev–Trinajstić information content (AvgIpc) is 3.04. The van der Waals surface area contributed by atoms with Crippen molar-refractivity contribution in [3.8, 4) is 5.75 Å². The first-order valence-electron chi connectivity index (χ1n) is 9.83. The first-order chi connectivity index (χ1) is 13.5. The van der Waals surface area contributed by atoms with Crippen LogP contribution in [0.1, 0.15) is 53.1 Å². The Labute approximate surface area is 170 Å². The van der Waals surface area contributed by atoms with Crippen LogP contribution in [-0.2, 0) is 22.4 Å². The standard InChI is InChI=1S/C22H27NO4S/c1-4-15-10-11-16-18(12-15)28-21(20(16)22(25)26-5-2)23-19(24)13-27-17-9-7-6-8-14(17)3/h6-9,15H,4-5,10-13H2,1-3H3,(H,23,24)/t15-/m0/s1.